The quantitative estimate of drug-likeness (QED) is 0.237. The molecule has 0 saturated heterocycles. The average Bonchev–Trinajstić information content (AvgIpc) is 2.58. The van der Waals surface area contributed by atoms with Crippen molar-refractivity contribution >= 4 is 11.9 Å². The zero-order valence-electron chi connectivity index (χ0n) is 16.6. The van der Waals surface area contributed by atoms with Crippen LogP contribution in [0.4, 0.5) is 0 Å². The summed E-state index contributed by atoms with van der Waals surface area (Å²) in [7, 11) is 0. The van der Waals surface area contributed by atoms with Gasteiger partial charge >= 0.3 is 11.9 Å². The maximum absolute atomic E-state index is 11.8. The Bertz CT molecular complexity index is 328. The summed E-state index contributed by atoms with van der Waals surface area (Å²) in [6.45, 7) is 5.02. The molecule has 0 fully saturated rings. The number of carbonyl (C=O) groups excluding carboxylic acids is 1. The van der Waals surface area contributed by atoms with E-state index in [1.54, 1.807) is 0 Å². The van der Waals surface area contributed by atoms with E-state index in [-0.39, 0.29) is 12.4 Å². The molecule has 0 saturated carbocycles. The lowest BCUT2D eigenvalue weighted by molar-refractivity contribution is -0.144. The zero-order chi connectivity index (χ0) is 18.8. The zero-order valence-corrected chi connectivity index (χ0v) is 16.6. The first-order chi connectivity index (χ1) is 12.1. The molecule has 1 atom stereocenters. The number of hydrogen-bond acceptors (Lipinski definition) is 3. The monoisotopic (exact) mass is 356 g/mol. The van der Waals surface area contributed by atoms with Crippen molar-refractivity contribution in [2.24, 2.45) is 5.92 Å². The largest absolute Gasteiger partial charge is 0.481 e. The third-order valence-corrected chi connectivity index (χ3v) is 4.74. The summed E-state index contributed by atoms with van der Waals surface area (Å²) in [5.41, 5.74) is 0. The molecule has 0 amide bonds. The van der Waals surface area contributed by atoms with Crippen molar-refractivity contribution in [1.29, 1.82) is 0 Å². The second-order valence-corrected chi connectivity index (χ2v) is 7.17. The molecule has 0 rings (SSSR count). The van der Waals surface area contributed by atoms with E-state index in [0.717, 1.165) is 25.7 Å². The molecule has 1 N–H and O–H groups in total. The van der Waals surface area contributed by atoms with Crippen molar-refractivity contribution in [1.82, 2.24) is 0 Å². The molecule has 0 aliphatic heterocycles. The van der Waals surface area contributed by atoms with E-state index in [0.29, 0.717) is 25.4 Å². The molecule has 1 unspecified atom stereocenters. The maximum Gasteiger partial charge on any atom is 0.305 e. The van der Waals surface area contributed by atoms with Gasteiger partial charge in [-0.25, -0.2) is 0 Å². The maximum atomic E-state index is 11.8. The number of esters is 1. The highest BCUT2D eigenvalue weighted by molar-refractivity contribution is 5.69. The van der Waals surface area contributed by atoms with Crippen LogP contribution >= 0.6 is 0 Å². The van der Waals surface area contributed by atoms with Gasteiger partial charge in [-0.05, 0) is 25.2 Å². The minimum atomic E-state index is -0.744. The Hall–Kier alpha value is -1.06. The molecule has 0 heterocycles. The Labute approximate surface area is 154 Å². The van der Waals surface area contributed by atoms with Gasteiger partial charge in [0, 0.05) is 12.8 Å². The lowest BCUT2D eigenvalue weighted by Crippen LogP contribution is -2.10. The summed E-state index contributed by atoms with van der Waals surface area (Å²) < 4.78 is 5.39. The van der Waals surface area contributed by atoms with Gasteiger partial charge in [0.15, 0.2) is 0 Å². The summed E-state index contributed by atoms with van der Waals surface area (Å²) in [6.07, 6.45) is 15.2. The third kappa shape index (κ3) is 17.6. The van der Waals surface area contributed by atoms with Gasteiger partial charge in [-0.2, -0.15) is 0 Å². The number of carbonyl (C=O) groups is 2. The number of carboxylic acid groups (broad SMARTS) is 1. The van der Waals surface area contributed by atoms with Gasteiger partial charge in [0.05, 0.1) is 6.61 Å². The van der Waals surface area contributed by atoms with Crippen LogP contribution in [-0.2, 0) is 14.3 Å². The van der Waals surface area contributed by atoms with Crippen LogP contribution in [-0.4, -0.2) is 23.7 Å². The highest BCUT2D eigenvalue weighted by atomic mass is 16.5. The Balaban J connectivity index is 3.71. The predicted molar refractivity (Wildman–Crippen MR) is 103 cm³/mol. The standard InChI is InChI=1S/C21H40O4/c1-3-5-7-10-14-19(13-6-4-2)17-18-25-21(24)16-12-9-8-11-15-20(22)23/h19H,3-18H2,1-2H3,(H,22,23). The lowest BCUT2D eigenvalue weighted by Gasteiger charge is -2.16. The van der Waals surface area contributed by atoms with E-state index in [1.165, 1.54) is 51.4 Å². The van der Waals surface area contributed by atoms with E-state index in [4.69, 9.17) is 9.84 Å². The molecule has 0 aliphatic carbocycles. The van der Waals surface area contributed by atoms with Gasteiger partial charge < -0.3 is 9.84 Å². The second kappa shape index (κ2) is 17.8. The van der Waals surface area contributed by atoms with Gasteiger partial charge in [0.2, 0.25) is 0 Å². The van der Waals surface area contributed by atoms with Crippen LogP contribution < -0.4 is 0 Å². The van der Waals surface area contributed by atoms with Crippen molar-refractivity contribution in [3.63, 3.8) is 0 Å². The lowest BCUT2D eigenvalue weighted by atomic mass is 9.92. The van der Waals surface area contributed by atoms with Crippen LogP contribution in [0.5, 0.6) is 0 Å². The Morgan fingerprint density at radius 2 is 1.36 bits per heavy atom. The molecule has 4 nitrogen and oxygen atoms in total. The van der Waals surface area contributed by atoms with Gasteiger partial charge in [-0.1, -0.05) is 78.1 Å². The van der Waals surface area contributed by atoms with Crippen LogP contribution in [0, 0.1) is 5.92 Å². The average molecular weight is 357 g/mol. The Morgan fingerprint density at radius 3 is 2.00 bits per heavy atom. The number of aliphatic carboxylic acids is 1. The number of hydrogen-bond donors (Lipinski definition) is 1. The summed E-state index contributed by atoms with van der Waals surface area (Å²) in [4.78, 5) is 22.2. The van der Waals surface area contributed by atoms with Gasteiger partial charge in [-0.15, -0.1) is 0 Å². The van der Waals surface area contributed by atoms with Crippen LogP contribution in [0.2, 0.25) is 0 Å². The highest BCUT2D eigenvalue weighted by Gasteiger charge is 2.10. The normalized spacial score (nSPS) is 12.1. The molecule has 0 aromatic carbocycles. The van der Waals surface area contributed by atoms with E-state index in [9.17, 15) is 9.59 Å². The van der Waals surface area contributed by atoms with Gasteiger partial charge in [0.25, 0.3) is 0 Å². The molecule has 148 valence electrons. The first-order valence-electron chi connectivity index (χ1n) is 10.5. The fourth-order valence-corrected chi connectivity index (χ4v) is 3.10. The number of unbranched alkanes of at least 4 members (excludes halogenated alkanes) is 7. The number of carboxylic acids is 1. The first-order valence-corrected chi connectivity index (χ1v) is 10.5. The summed E-state index contributed by atoms with van der Waals surface area (Å²) in [5, 5.41) is 8.56. The van der Waals surface area contributed by atoms with Crippen molar-refractivity contribution < 1.29 is 19.4 Å². The van der Waals surface area contributed by atoms with Crippen LogP contribution in [0.25, 0.3) is 0 Å². The molecular formula is C21H40O4. The number of ether oxygens (including phenoxy) is 1. The highest BCUT2D eigenvalue weighted by Crippen LogP contribution is 2.21. The van der Waals surface area contributed by atoms with Crippen molar-refractivity contribution in [3.8, 4) is 0 Å². The van der Waals surface area contributed by atoms with E-state index in [1.807, 2.05) is 0 Å². The fraction of sp³-hybridized carbons (Fsp3) is 0.905. The van der Waals surface area contributed by atoms with Crippen molar-refractivity contribution in [3.05, 3.63) is 0 Å². The summed E-state index contributed by atoms with van der Waals surface area (Å²) in [5.74, 6) is -0.147. The van der Waals surface area contributed by atoms with E-state index < -0.39 is 5.97 Å². The fourth-order valence-electron chi connectivity index (χ4n) is 3.10. The molecule has 0 radical (unpaired) electrons. The van der Waals surface area contributed by atoms with Gasteiger partial charge in [0.1, 0.15) is 0 Å². The van der Waals surface area contributed by atoms with Crippen LogP contribution in [0.3, 0.4) is 0 Å². The Kier molecular flexibility index (Phi) is 17.0. The van der Waals surface area contributed by atoms with E-state index in [2.05, 4.69) is 13.8 Å². The Morgan fingerprint density at radius 1 is 0.760 bits per heavy atom. The molecular weight excluding hydrogens is 316 g/mol. The molecule has 25 heavy (non-hydrogen) atoms. The molecule has 0 aliphatic rings. The smallest absolute Gasteiger partial charge is 0.305 e. The van der Waals surface area contributed by atoms with Crippen molar-refractivity contribution in [2.45, 2.75) is 110 Å². The summed E-state index contributed by atoms with van der Waals surface area (Å²) in [6, 6.07) is 0. The SMILES string of the molecule is CCCCCCC(CCCC)CCOC(=O)CCCCCCC(=O)O. The van der Waals surface area contributed by atoms with Crippen LogP contribution in [0.15, 0.2) is 0 Å². The number of rotatable bonds is 18. The second-order valence-electron chi connectivity index (χ2n) is 7.17. The summed E-state index contributed by atoms with van der Waals surface area (Å²) >= 11 is 0. The minimum absolute atomic E-state index is 0.0986. The predicted octanol–water partition coefficient (Wildman–Crippen LogP) is 6.12. The van der Waals surface area contributed by atoms with Crippen LogP contribution in [0.1, 0.15) is 110 Å². The topological polar surface area (TPSA) is 63.6 Å². The van der Waals surface area contributed by atoms with Crippen molar-refractivity contribution in [2.75, 3.05) is 6.61 Å². The molecule has 0 spiro atoms. The molecule has 0 bridgehead atoms. The molecule has 4 heteroatoms. The molecule has 0 aromatic heterocycles. The first kappa shape index (κ1) is 23.9. The third-order valence-electron chi connectivity index (χ3n) is 4.74. The van der Waals surface area contributed by atoms with Gasteiger partial charge in [-0.3, -0.25) is 9.59 Å². The minimum Gasteiger partial charge on any atom is -0.481 e. The molecule has 0 aromatic rings. The van der Waals surface area contributed by atoms with E-state index >= 15 is 0 Å².